The van der Waals surface area contributed by atoms with Crippen molar-refractivity contribution in [3.63, 3.8) is 0 Å². The Hall–Kier alpha value is -0.790. The summed E-state index contributed by atoms with van der Waals surface area (Å²) in [6.07, 6.45) is 0.763. The van der Waals surface area contributed by atoms with Crippen LogP contribution in [0.4, 0.5) is 0 Å². The van der Waals surface area contributed by atoms with Crippen LogP contribution >= 0.6 is 11.8 Å². The summed E-state index contributed by atoms with van der Waals surface area (Å²) in [5, 5.41) is 12.1. The number of nitrogens with one attached hydrogen (secondary N) is 1. The van der Waals surface area contributed by atoms with E-state index in [0.29, 0.717) is 19.0 Å². The predicted molar refractivity (Wildman–Crippen MR) is 79.0 cm³/mol. The number of thioether (sulfide) groups is 1. The molecule has 2 aliphatic rings. The molecule has 114 valence electrons. The average Bonchev–Trinajstić information content (AvgIpc) is 2.46. The molecule has 0 aliphatic carbocycles. The number of nitrogens with zero attached hydrogens (tertiary/aromatic N) is 2. The Bertz CT molecular complexity index is 340. The maximum absolute atomic E-state index is 12.2. The molecular formula is C13H23N3O3S. The fourth-order valence-corrected chi connectivity index (χ4v) is 3.51. The van der Waals surface area contributed by atoms with Gasteiger partial charge in [0.25, 0.3) is 0 Å². The summed E-state index contributed by atoms with van der Waals surface area (Å²) in [5.74, 6) is 1.62. The summed E-state index contributed by atoms with van der Waals surface area (Å²) >= 11 is 1.90. The van der Waals surface area contributed by atoms with E-state index in [9.17, 15) is 9.59 Å². The lowest BCUT2D eigenvalue weighted by Gasteiger charge is -2.35. The maximum atomic E-state index is 12.2. The van der Waals surface area contributed by atoms with Crippen LogP contribution in [0.25, 0.3) is 0 Å². The number of carbonyl (C=O) groups is 2. The molecule has 0 aromatic carbocycles. The van der Waals surface area contributed by atoms with Crippen LogP contribution in [0.15, 0.2) is 0 Å². The van der Waals surface area contributed by atoms with Crippen LogP contribution in [0, 0.1) is 0 Å². The lowest BCUT2D eigenvalue weighted by Crippen LogP contribution is -2.50. The molecular weight excluding hydrogens is 278 g/mol. The van der Waals surface area contributed by atoms with Crippen molar-refractivity contribution in [2.24, 2.45) is 0 Å². The first-order valence-corrected chi connectivity index (χ1v) is 8.33. The van der Waals surface area contributed by atoms with E-state index in [1.54, 1.807) is 0 Å². The Labute approximate surface area is 123 Å². The summed E-state index contributed by atoms with van der Waals surface area (Å²) < 4.78 is 0. The van der Waals surface area contributed by atoms with E-state index in [2.05, 4.69) is 10.2 Å². The SMILES string of the molecule is O=C(O)CCN1CCN(C(=O)CC2CSCCN2)CC1. The molecule has 0 aromatic heterocycles. The molecule has 0 radical (unpaired) electrons. The molecule has 6 nitrogen and oxygen atoms in total. The molecule has 2 rings (SSSR count). The first kappa shape index (κ1) is 15.6. The number of carbonyl (C=O) groups excluding carboxylic acids is 1. The third kappa shape index (κ3) is 4.96. The monoisotopic (exact) mass is 301 g/mol. The van der Waals surface area contributed by atoms with Crippen molar-refractivity contribution in [3.8, 4) is 0 Å². The van der Waals surface area contributed by atoms with E-state index in [0.717, 1.165) is 44.2 Å². The Kier molecular flexibility index (Phi) is 6.12. The van der Waals surface area contributed by atoms with Crippen LogP contribution in [-0.2, 0) is 9.59 Å². The van der Waals surface area contributed by atoms with Gasteiger partial charge in [-0.1, -0.05) is 0 Å². The summed E-state index contributed by atoms with van der Waals surface area (Å²) in [6, 6.07) is 0.311. The van der Waals surface area contributed by atoms with E-state index >= 15 is 0 Å². The predicted octanol–water partition coefficient (Wildman–Crippen LogP) is -0.300. The molecule has 0 spiro atoms. The van der Waals surface area contributed by atoms with Crippen molar-refractivity contribution in [3.05, 3.63) is 0 Å². The van der Waals surface area contributed by atoms with Gasteiger partial charge in [-0.25, -0.2) is 0 Å². The van der Waals surface area contributed by atoms with E-state index in [4.69, 9.17) is 5.11 Å². The second-order valence-electron chi connectivity index (χ2n) is 5.30. The van der Waals surface area contributed by atoms with E-state index < -0.39 is 5.97 Å². The highest BCUT2D eigenvalue weighted by atomic mass is 32.2. The van der Waals surface area contributed by atoms with E-state index in [-0.39, 0.29) is 12.3 Å². The molecule has 20 heavy (non-hydrogen) atoms. The fraction of sp³-hybridized carbons (Fsp3) is 0.846. The normalized spacial score (nSPS) is 24.6. The second kappa shape index (κ2) is 7.85. The third-order valence-electron chi connectivity index (χ3n) is 3.79. The molecule has 2 fully saturated rings. The van der Waals surface area contributed by atoms with Gasteiger partial charge < -0.3 is 15.3 Å². The van der Waals surface area contributed by atoms with Gasteiger partial charge in [-0.2, -0.15) is 11.8 Å². The van der Waals surface area contributed by atoms with Crippen LogP contribution in [0.2, 0.25) is 0 Å². The Morgan fingerprint density at radius 1 is 1.25 bits per heavy atom. The molecule has 1 atom stereocenters. The molecule has 7 heteroatoms. The van der Waals surface area contributed by atoms with Gasteiger partial charge in [-0.05, 0) is 0 Å². The van der Waals surface area contributed by atoms with Crippen molar-refractivity contribution < 1.29 is 14.7 Å². The number of carboxylic acids is 1. The first-order chi connectivity index (χ1) is 9.65. The molecule has 1 amide bonds. The van der Waals surface area contributed by atoms with Gasteiger partial charge in [0.1, 0.15) is 0 Å². The number of aliphatic carboxylic acids is 1. The van der Waals surface area contributed by atoms with Gasteiger partial charge in [0, 0.05) is 63.2 Å². The number of piperazine rings is 1. The fourth-order valence-electron chi connectivity index (χ4n) is 2.57. The molecule has 0 bridgehead atoms. The Morgan fingerprint density at radius 2 is 2.00 bits per heavy atom. The van der Waals surface area contributed by atoms with Gasteiger partial charge in [0.15, 0.2) is 0 Å². The zero-order valence-corrected chi connectivity index (χ0v) is 12.5. The molecule has 1 unspecified atom stereocenters. The highest BCUT2D eigenvalue weighted by Gasteiger charge is 2.24. The molecule has 2 aliphatic heterocycles. The van der Waals surface area contributed by atoms with Crippen LogP contribution < -0.4 is 5.32 Å². The maximum Gasteiger partial charge on any atom is 0.304 e. The second-order valence-corrected chi connectivity index (χ2v) is 6.45. The van der Waals surface area contributed by atoms with Crippen LogP contribution in [0.5, 0.6) is 0 Å². The summed E-state index contributed by atoms with van der Waals surface area (Å²) in [7, 11) is 0. The standard InChI is InChI=1S/C13H23N3O3S/c17-12(9-11-10-20-8-2-14-11)16-6-4-15(5-7-16)3-1-13(18)19/h11,14H,1-10H2,(H,18,19). The largest absolute Gasteiger partial charge is 0.481 e. The van der Waals surface area contributed by atoms with Crippen molar-refractivity contribution in [2.45, 2.75) is 18.9 Å². The molecule has 0 aromatic rings. The van der Waals surface area contributed by atoms with Crippen molar-refractivity contribution in [1.82, 2.24) is 15.1 Å². The number of amides is 1. The van der Waals surface area contributed by atoms with E-state index in [1.165, 1.54) is 0 Å². The van der Waals surface area contributed by atoms with Crippen molar-refractivity contribution in [1.29, 1.82) is 0 Å². The smallest absolute Gasteiger partial charge is 0.304 e. The van der Waals surface area contributed by atoms with Crippen LogP contribution in [0.3, 0.4) is 0 Å². The highest BCUT2D eigenvalue weighted by Crippen LogP contribution is 2.12. The molecule has 2 saturated heterocycles. The highest BCUT2D eigenvalue weighted by molar-refractivity contribution is 7.99. The average molecular weight is 301 g/mol. The minimum atomic E-state index is -0.760. The number of hydrogen-bond donors (Lipinski definition) is 2. The van der Waals surface area contributed by atoms with Gasteiger partial charge in [0.05, 0.1) is 6.42 Å². The van der Waals surface area contributed by atoms with Crippen LogP contribution in [0.1, 0.15) is 12.8 Å². The van der Waals surface area contributed by atoms with Gasteiger partial charge >= 0.3 is 5.97 Å². The minimum absolute atomic E-state index is 0.178. The number of rotatable bonds is 5. The quantitative estimate of drug-likeness (QED) is 0.726. The number of carboxylic acid groups (broad SMARTS) is 1. The molecule has 2 heterocycles. The summed E-state index contributed by atoms with van der Waals surface area (Å²) in [4.78, 5) is 26.8. The van der Waals surface area contributed by atoms with Crippen LogP contribution in [-0.4, -0.2) is 83.6 Å². The number of hydrogen-bond acceptors (Lipinski definition) is 5. The minimum Gasteiger partial charge on any atom is -0.481 e. The topological polar surface area (TPSA) is 72.9 Å². The zero-order chi connectivity index (χ0) is 14.4. The third-order valence-corrected chi connectivity index (χ3v) is 4.92. The summed E-state index contributed by atoms with van der Waals surface area (Å²) in [6.45, 7) is 4.58. The van der Waals surface area contributed by atoms with Gasteiger partial charge in [-0.15, -0.1) is 0 Å². The summed E-state index contributed by atoms with van der Waals surface area (Å²) in [5.41, 5.74) is 0. The van der Waals surface area contributed by atoms with E-state index in [1.807, 2.05) is 16.7 Å². The first-order valence-electron chi connectivity index (χ1n) is 7.18. The Balaban J connectivity index is 1.67. The Morgan fingerprint density at radius 3 is 2.60 bits per heavy atom. The van der Waals surface area contributed by atoms with Crippen molar-refractivity contribution in [2.75, 3.05) is 50.8 Å². The molecule has 0 saturated carbocycles. The zero-order valence-electron chi connectivity index (χ0n) is 11.7. The van der Waals surface area contributed by atoms with Crippen molar-refractivity contribution >= 4 is 23.6 Å². The molecule has 2 N–H and O–H groups in total. The van der Waals surface area contributed by atoms with Gasteiger partial charge in [-0.3, -0.25) is 14.5 Å². The van der Waals surface area contributed by atoms with Gasteiger partial charge in [0.2, 0.25) is 5.91 Å². The lowest BCUT2D eigenvalue weighted by atomic mass is 10.2. The lowest BCUT2D eigenvalue weighted by molar-refractivity contribution is -0.138.